The Morgan fingerprint density at radius 2 is 2.19 bits per heavy atom. The van der Waals surface area contributed by atoms with Crippen molar-refractivity contribution in [1.29, 1.82) is 0 Å². The van der Waals surface area contributed by atoms with Crippen molar-refractivity contribution < 1.29 is 14.9 Å². The van der Waals surface area contributed by atoms with E-state index in [0.717, 1.165) is 5.56 Å². The van der Waals surface area contributed by atoms with Crippen LogP contribution < -0.4 is 0 Å². The van der Waals surface area contributed by atoms with Gasteiger partial charge in [-0.1, -0.05) is 18.2 Å². The molecule has 1 aliphatic rings. The summed E-state index contributed by atoms with van der Waals surface area (Å²) < 4.78 is 5.36. The summed E-state index contributed by atoms with van der Waals surface area (Å²) in [7, 11) is 0. The molecule has 1 aliphatic heterocycles. The van der Waals surface area contributed by atoms with Gasteiger partial charge in [-0.2, -0.15) is 0 Å². The van der Waals surface area contributed by atoms with E-state index in [9.17, 15) is 10.2 Å². The molecule has 0 aliphatic carbocycles. The first-order chi connectivity index (χ1) is 7.65. The molecule has 1 unspecified atom stereocenters. The van der Waals surface area contributed by atoms with Crippen LogP contribution in [0.25, 0.3) is 0 Å². The maximum atomic E-state index is 9.68. The smallest absolute Gasteiger partial charge is 0.120 e. The van der Waals surface area contributed by atoms with Gasteiger partial charge in [0.05, 0.1) is 25.5 Å². The van der Waals surface area contributed by atoms with Crippen molar-refractivity contribution in [1.82, 2.24) is 4.90 Å². The summed E-state index contributed by atoms with van der Waals surface area (Å²) in [4.78, 5) is 2.03. The van der Waals surface area contributed by atoms with E-state index in [-0.39, 0.29) is 17.9 Å². The van der Waals surface area contributed by atoms with Crippen molar-refractivity contribution in [3.63, 3.8) is 0 Å². The summed E-state index contributed by atoms with van der Waals surface area (Å²) in [6, 6.07) is 7.24. The number of phenolic OH excluding ortho intramolecular Hbond substituents is 1. The molecule has 0 aromatic heterocycles. The number of aliphatic hydroxyl groups excluding tert-OH is 1. The van der Waals surface area contributed by atoms with E-state index in [0.29, 0.717) is 19.9 Å². The average molecular weight is 223 g/mol. The third-order valence-corrected chi connectivity index (χ3v) is 3.12. The zero-order valence-corrected chi connectivity index (χ0v) is 9.39. The van der Waals surface area contributed by atoms with E-state index in [1.165, 1.54) is 0 Å². The lowest BCUT2D eigenvalue weighted by Gasteiger charge is -2.31. The summed E-state index contributed by atoms with van der Waals surface area (Å²) in [5.74, 6) is 0.287. The Balaban J connectivity index is 2.13. The molecular weight excluding hydrogens is 206 g/mol. The van der Waals surface area contributed by atoms with Crippen LogP contribution in [0.5, 0.6) is 5.75 Å². The highest BCUT2D eigenvalue weighted by Crippen LogP contribution is 2.26. The quantitative estimate of drug-likeness (QED) is 0.800. The molecule has 0 saturated carbocycles. The van der Waals surface area contributed by atoms with Crippen molar-refractivity contribution in [3.05, 3.63) is 29.8 Å². The molecule has 88 valence electrons. The molecule has 2 N–H and O–H groups in total. The fraction of sp³-hybridized carbons (Fsp3) is 0.500. The molecule has 0 bridgehead atoms. The second kappa shape index (κ2) is 4.41. The van der Waals surface area contributed by atoms with Gasteiger partial charge in [-0.3, -0.25) is 4.90 Å². The molecule has 4 heteroatoms. The van der Waals surface area contributed by atoms with Crippen molar-refractivity contribution in [2.45, 2.75) is 19.0 Å². The molecule has 1 fully saturated rings. The standard InChI is InChI=1S/C12H17NO3/c1-12(7-14)8-16-9-13(12)6-10-4-2-3-5-11(10)15/h2-5,14-15H,6-9H2,1H3. The molecule has 4 nitrogen and oxygen atoms in total. The summed E-state index contributed by atoms with van der Waals surface area (Å²) in [6.45, 7) is 3.62. The predicted molar refractivity (Wildman–Crippen MR) is 60.0 cm³/mol. The minimum absolute atomic E-state index is 0.0561. The number of para-hydroxylation sites is 1. The molecule has 1 atom stereocenters. The van der Waals surface area contributed by atoms with Crippen LogP contribution in [0.3, 0.4) is 0 Å². The van der Waals surface area contributed by atoms with Crippen LogP contribution in [0.2, 0.25) is 0 Å². The number of hydrogen-bond acceptors (Lipinski definition) is 4. The second-order valence-corrected chi connectivity index (χ2v) is 4.46. The van der Waals surface area contributed by atoms with Gasteiger partial charge in [0.25, 0.3) is 0 Å². The van der Waals surface area contributed by atoms with Gasteiger partial charge in [0.15, 0.2) is 0 Å². The molecule has 1 saturated heterocycles. The number of rotatable bonds is 3. The first-order valence-corrected chi connectivity index (χ1v) is 5.36. The second-order valence-electron chi connectivity index (χ2n) is 4.46. The van der Waals surface area contributed by atoms with Gasteiger partial charge in [0.1, 0.15) is 5.75 Å². The molecule has 0 spiro atoms. The minimum Gasteiger partial charge on any atom is -0.508 e. The number of aromatic hydroxyl groups is 1. The normalized spacial score (nSPS) is 26.1. The Morgan fingerprint density at radius 1 is 1.44 bits per heavy atom. The molecule has 1 aromatic carbocycles. The fourth-order valence-corrected chi connectivity index (χ4v) is 1.86. The Kier molecular flexibility index (Phi) is 3.14. The Hall–Kier alpha value is -1.10. The molecule has 0 amide bonds. The molecular formula is C12H17NO3. The molecule has 1 heterocycles. The minimum atomic E-state index is -0.345. The lowest BCUT2D eigenvalue weighted by atomic mass is 10.0. The summed E-state index contributed by atoms with van der Waals surface area (Å²) in [5, 5.41) is 19.0. The van der Waals surface area contributed by atoms with Crippen molar-refractivity contribution in [3.8, 4) is 5.75 Å². The largest absolute Gasteiger partial charge is 0.508 e. The van der Waals surface area contributed by atoms with Crippen molar-refractivity contribution in [2.75, 3.05) is 19.9 Å². The monoisotopic (exact) mass is 223 g/mol. The van der Waals surface area contributed by atoms with E-state index in [1.807, 2.05) is 24.0 Å². The number of aliphatic hydroxyl groups is 1. The molecule has 2 rings (SSSR count). The lowest BCUT2D eigenvalue weighted by Crippen LogP contribution is -2.45. The SMILES string of the molecule is CC1(CO)COCN1Cc1ccccc1O. The first-order valence-electron chi connectivity index (χ1n) is 5.36. The first kappa shape index (κ1) is 11.4. The maximum absolute atomic E-state index is 9.68. The van der Waals surface area contributed by atoms with Crippen molar-refractivity contribution in [2.24, 2.45) is 0 Å². The van der Waals surface area contributed by atoms with E-state index < -0.39 is 0 Å². The van der Waals surface area contributed by atoms with E-state index in [4.69, 9.17) is 4.74 Å². The third-order valence-electron chi connectivity index (χ3n) is 3.12. The van der Waals surface area contributed by atoms with Crippen molar-refractivity contribution >= 4 is 0 Å². The Bertz CT molecular complexity index is 369. The Morgan fingerprint density at radius 3 is 2.88 bits per heavy atom. The van der Waals surface area contributed by atoms with Crippen LogP contribution in [0.4, 0.5) is 0 Å². The zero-order valence-electron chi connectivity index (χ0n) is 9.39. The van der Waals surface area contributed by atoms with Gasteiger partial charge in [0.2, 0.25) is 0 Å². The van der Waals surface area contributed by atoms with Crippen LogP contribution in [-0.4, -0.2) is 40.6 Å². The van der Waals surface area contributed by atoms with Crippen LogP contribution in [0.15, 0.2) is 24.3 Å². The highest BCUT2D eigenvalue weighted by molar-refractivity contribution is 5.31. The van der Waals surface area contributed by atoms with Gasteiger partial charge in [-0.05, 0) is 13.0 Å². The highest BCUT2D eigenvalue weighted by Gasteiger charge is 2.37. The van der Waals surface area contributed by atoms with Gasteiger partial charge >= 0.3 is 0 Å². The number of benzene rings is 1. The summed E-state index contributed by atoms with van der Waals surface area (Å²) in [5.41, 5.74) is 0.509. The van der Waals surface area contributed by atoms with Gasteiger partial charge in [-0.15, -0.1) is 0 Å². The predicted octanol–water partition coefficient (Wildman–Crippen LogP) is 0.933. The number of ether oxygens (including phenoxy) is 1. The molecule has 16 heavy (non-hydrogen) atoms. The number of hydrogen-bond donors (Lipinski definition) is 2. The number of phenols is 1. The van der Waals surface area contributed by atoms with Gasteiger partial charge in [-0.25, -0.2) is 0 Å². The zero-order chi connectivity index (χ0) is 11.6. The van der Waals surface area contributed by atoms with Crippen LogP contribution in [0, 0.1) is 0 Å². The maximum Gasteiger partial charge on any atom is 0.120 e. The average Bonchev–Trinajstić information content (AvgIpc) is 2.65. The molecule has 0 radical (unpaired) electrons. The number of nitrogens with zero attached hydrogens (tertiary/aromatic N) is 1. The van der Waals surface area contributed by atoms with E-state index in [1.54, 1.807) is 12.1 Å². The van der Waals surface area contributed by atoms with Crippen LogP contribution in [0.1, 0.15) is 12.5 Å². The van der Waals surface area contributed by atoms with Gasteiger partial charge < -0.3 is 14.9 Å². The van der Waals surface area contributed by atoms with E-state index in [2.05, 4.69) is 0 Å². The summed E-state index contributed by atoms with van der Waals surface area (Å²) in [6.07, 6.45) is 0. The van der Waals surface area contributed by atoms with E-state index >= 15 is 0 Å². The topological polar surface area (TPSA) is 52.9 Å². The lowest BCUT2D eigenvalue weighted by molar-refractivity contribution is 0.0780. The molecule has 1 aromatic rings. The Labute approximate surface area is 95.1 Å². The summed E-state index contributed by atoms with van der Waals surface area (Å²) >= 11 is 0. The van der Waals surface area contributed by atoms with Crippen LogP contribution in [-0.2, 0) is 11.3 Å². The van der Waals surface area contributed by atoms with Crippen LogP contribution >= 0.6 is 0 Å². The van der Waals surface area contributed by atoms with Gasteiger partial charge in [0, 0.05) is 12.1 Å². The fourth-order valence-electron chi connectivity index (χ4n) is 1.86. The third kappa shape index (κ3) is 2.04. The highest BCUT2D eigenvalue weighted by atomic mass is 16.5.